The number of nitrogens with zero attached hydrogens (tertiary/aromatic N) is 2. The Morgan fingerprint density at radius 2 is 1.86 bits per heavy atom. The predicted molar refractivity (Wildman–Crippen MR) is 88.5 cm³/mol. The Bertz CT molecular complexity index is 955. The highest BCUT2D eigenvalue weighted by Crippen LogP contribution is 2.28. The summed E-state index contributed by atoms with van der Waals surface area (Å²) in [5.41, 5.74) is 4.61. The molecule has 2 aromatic carbocycles. The van der Waals surface area contributed by atoms with Gasteiger partial charge in [0.25, 0.3) is 0 Å². The molecule has 0 bridgehead atoms. The van der Waals surface area contributed by atoms with E-state index in [1.165, 1.54) is 0 Å². The van der Waals surface area contributed by atoms with Crippen molar-refractivity contribution in [2.45, 2.75) is 6.92 Å². The minimum Gasteiger partial charge on any atom is -0.436 e. The summed E-state index contributed by atoms with van der Waals surface area (Å²) < 4.78 is 7.96. The molecule has 2 heterocycles. The third-order valence-corrected chi connectivity index (χ3v) is 4.10. The second kappa shape index (κ2) is 5.04. The average Bonchev–Trinajstić information content (AvgIpc) is 3.17. The summed E-state index contributed by atoms with van der Waals surface area (Å²) >= 11 is 6.07. The normalized spacial score (nSPS) is 11.2. The molecule has 0 N–H and O–H groups in total. The Balaban J connectivity index is 1.81. The van der Waals surface area contributed by atoms with Crippen LogP contribution in [0.4, 0.5) is 0 Å². The Kier molecular flexibility index (Phi) is 3.01. The van der Waals surface area contributed by atoms with E-state index >= 15 is 0 Å². The van der Waals surface area contributed by atoms with Crippen molar-refractivity contribution in [2.24, 2.45) is 0 Å². The fraction of sp³-hybridized carbons (Fsp3) is 0.0556. The van der Waals surface area contributed by atoms with E-state index in [1.807, 2.05) is 72.4 Å². The number of oxazole rings is 1. The van der Waals surface area contributed by atoms with Gasteiger partial charge in [0.15, 0.2) is 5.58 Å². The molecule has 108 valence electrons. The van der Waals surface area contributed by atoms with Gasteiger partial charge in [0, 0.05) is 34.7 Å². The topological polar surface area (TPSA) is 31.0 Å². The van der Waals surface area contributed by atoms with Crippen LogP contribution in [0.3, 0.4) is 0 Å². The molecule has 3 nitrogen and oxygen atoms in total. The number of rotatable bonds is 2. The molecule has 4 aromatic rings. The van der Waals surface area contributed by atoms with E-state index in [-0.39, 0.29) is 0 Å². The van der Waals surface area contributed by atoms with Crippen molar-refractivity contribution in [3.63, 3.8) is 0 Å². The summed E-state index contributed by atoms with van der Waals surface area (Å²) in [6, 6.07) is 15.8. The van der Waals surface area contributed by atoms with Crippen molar-refractivity contribution < 1.29 is 4.42 Å². The minimum absolute atomic E-state index is 0.611. The summed E-state index contributed by atoms with van der Waals surface area (Å²) in [5, 5.41) is 0.745. The van der Waals surface area contributed by atoms with Gasteiger partial charge in [-0.1, -0.05) is 11.6 Å². The smallest absolute Gasteiger partial charge is 0.227 e. The fourth-order valence-electron chi connectivity index (χ4n) is 2.48. The third-order valence-electron chi connectivity index (χ3n) is 3.68. The molecule has 0 fully saturated rings. The fourth-order valence-corrected chi connectivity index (χ4v) is 2.60. The van der Waals surface area contributed by atoms with Crippen LogP contribution < -0.4 is 0 Å². The summed E-state index contributed by atoms with van der Waals surface area (Å²) in [6.07, 6.45) is 4.00. The lowest BCUT2D eigenvalue weighted by atomic mass is 10.1. The van der Waals surface area contributed by atoms with E-state index in [1.54, 1.807) is 0 Å². The molecule has 2 aromatic heterocycles. The zero-order valence-corrected chi connectivity index (χ0v) is 12.7. The molecular formula is C18H13ClN2O. The Hall–Kier alpha value is -2.52. The molecule has 0 aliphatic heterocycles. The van der Waals surface area contributed by atoms with Crippen LogP contribution in [0.5, 0.6) is 0 Å². The van der Waals surface area contributed by atoms with E-state index < -0.39 is 0 Å². The first kappa shape index (κ1) is 13.2. The Morgan fingerprint density at radius 3 is 2.64 bits per heavy atom. The number of fused-ring (bicyclic) bond motifs is 1. The second-order valence-electron chi connectivity index (χ2n) is 5.23. The largest absolute Gasteiger partial charge is 0.436 e. The van der Waals surface area contributed by atoms with E-state index in [2.05, 4.69) is 4.98 Å². The number of hydrogen-bond donors (Lipinski definition) is 0. The number of benzene rings is 2. The molecule has 0 atom stereocenters. The van der Waals surface area contributed by atoms with Crippen LogP contribution in [-0.4, -0.2) is 9.55 Å². The van der Waals surface area contributed by atoms with Gasteiger partial charge in [-0.3, -0.25) is 0 Å². The van der Waals surface area contributed by atoms with Crippen LogP contribution in [0.15, 0.2) is 65.3 Å². The second-order valence-corrected chi connectivity index (χ2v) is 5.63. The van der Waals surface area contributed by atoms with Crippen molar-refractivity contribution in [1.82, 2.24) is 9.55 Å². The van der Waals surface area contributed by atoms with Gasteiger partial charge < -0.3 is 8.98 Å². The molecular weight excluding hydrogens is 296 g/mol. The monoisotopic (exact) mass is 308 g/mol. The van der Waals surface area contributed by atoms with Gasteiger partial charge in [0.1, 0.15) is 5.52 Å². The molecule has 4 rings (SSSR count). The van der Waals surface area contributed by atoms with E-state index in [4.69, 9.17) is 16.0 Å². The van der Waals surface area contributed by atoms with Gasteiger partial charge in [-0.25, -0.2) is 4.98 Å². The molecule has 0 unspecified atom stereocenters. The number of halogens is 1. The number of aryl methyl sites for hydroxylation is 1. The van der Waals surface area contributed by atoms with Crippen LogP contribution in [0.1, 0.15) is 5.56 Å². The molecule has 0 aliphatic rings. The van der Waals surface area contributed by atoms with Gasteiger partial charge in [-0.05, 0) is 55.0 Å². The van der Waals surface area contributed by atoms with E-state index in [9.17, 15) is 0 Å². The molecule has 0 radical (unpaired) electrons. The maximum Gasteiger partial charge on any atom is 0.227 e. The first-order chi connectivity index (χ1) is 10.7. The number of hydrogen-bond acceptors (Lipinski definition) is 2. The highest BCUT2D eigenvalue weighted by atomic mass is 35.5. The predicted octanol–water partition coefficient (Wildman–Crippen LogP) is 5.25. The first-order valence-electron chi connectivity index (χ1n) is 7.01. The van der Waals surface area contributed by atoms with Crippen LogP contribution in [0, 0.1) is 6.92 Å². The minimum atomic E-state index is 0.611. The van der Waals surface area contributed by atoms with Crippen molar-refractivity contribution in [3.05, 3.63) is 71.5 Å². The van der Waals surface area contributed by atoms with Gasteiger partial charge in [-0.2, -0.15) is 0 Å². The maximum atomic E-state index is 6.07. The van der Waals surface area contributed by atoms with Crippen LogP contribution in [-0.2, 0) is 0 Å². The van der Waals surface area contributed by atoms with Gasteiger partial charge >= 0.3 is 0 Å². The van der Waals surface area contributed by atoms with Gasteiger partial charge in [0.05, 0.1) is 0 Å². The van der Waals surface area contributed by atoms with Gasteiger partial charge in [0.2, 0.25) is 5.89 Å². The summed E-state index contributed by atoms with van der Waals surface area (Å²) in [4.78, 5) is 4.56. The standard InChI is InChI=1S/C18H13ClN2O/c1-12-10-13(4-6-15(12)19)18-20-16-7-5-14(11-17(16)22-18)21-8-2-3-9-21/h2-11H,1H3. The first-order valence-corrected chi connectivity index (χ1v) is 7.39. The molecule has 4 heteroatoms. The summed E-state index contributed by atoms with van der Waals surface area (Å²) in [5.74, 6) is 0.611. The zero-order valence-electron chi connectivity index (χ0n) is 12.0. The molecule has 22 heavy (non-hydrogen) atoms. The van der Waals surface area contributed by atoms with Crippen molar-refractivity contribution >= 4 is 22.7 Å². The highest BCUT2D eigenvalue weighted by molar-refractivity contribution is 6.31. The molecule has 0 amide bonds. The highest BCUT2D eigenvalue weighted by Gasteiger charge is 2.10. The SMILES string of the molecule is Cc1cc(-c2nc3ccc(-n4cccc4)cc3o2)ccc1Cl. The van der Waals surface area contributed by atoms with E-state index in [0.717, 1.165) is 32.9 Å². The lowest BCUT2D eigenvalue weighted by Gasteiger charge is -2.01. The number of aromatic nitrogens is 2. The lowest BCUT2D eigenvalue weighted by molar-refractivity contribution is 0.619. The van der Waals surface area contributed by atoms with Crippen LogP contribution in [0.2, 0.25) is 5.02 Å². The Morgan fingerprint density at radius 1 is 1.05 bits per heavy atom. The lowest BCUT2D eigenvalue weighted by Crippen LogP contribution is -1.87. The molecule has 0 saturated heterocycles. The van der Waals surface area contributed by atoms with Crippen LogP contribution >= 0.6 is 11.6 Å². The molecule has 0 aliphatic carbocycles. The Labute approximate surface area is 132 Å². The maximum absolute atomic E-state index is 6.07. The van der Waals surface area contributed by atoms with Crippen molar-refractivity contribution in [1.29, 1.82) is 0 Å². The summed E-state index contributed by atoms with van der Waals surface area (Å²) in [6.45, 7) is 1.97. The zero-order chi connectivity index (χ0) is 15.1. The van der Waals surface area contributed by atoms with Gasteiger partial charge in [-0.15, -0.1) is 0 Å². The molecule has 0 saturated carbocycles. The van der Waals surface area contributed by atoms with E-state index in [0.29, 0.717) is 5.89 Å². The third kappa shape index (κ3) is 2.20. The van der Waals surface area contributed by atoms with Crippen molar-refractivity contribution in [2.75, 3.05) is 0 Å². The quantitative estimate of drug-likeness (QED) is 0.506. The van der Waals surface area contributed by atoms with Crippen LogP contribution in [0.25, 0.3) is 28.2 Å². The van der Waals surface area contributed by atoms with Crippen molar-refractivity contribution in [3.8, 4) is 17.1 Å². The molecule has 0 spiro atoms. The summed E-state index contributed by atoms with van der Waals surface area (Å²) in [7, 11) is 0. The average molecular weight is 309 g/mol.